The quantitative estimate of drug-likeness (QED) is 0.713. The topological polar surface area (TPSA) is 72.8 Å². The van der Waals surface area contributed by atoms with Gasteiger partial charge in [-0.1, -0.05) is 47.6 Å². The van der Waals surface area contributed by atoms with Crippen LogP contribution in [0.15, 0.2) is 84.1 Å². The Bertz CT molecular complexity index is 975. The van der Waals surface area contributed by atoms with Gasteiger partial charge in [-0.15, -0.1) is 0 Å². The first-order valence-corrected chi connectivity index (χ1v) is 9.00. The van der Waals surface area contributed by atoms with Crippen LogP contribution in [-0.2, 0) is 16.2 Å². The number of anilines is 1. The smallest absolute Gasteiger partial charge is 0.268 e. The lowest BCUT2D eigenvalue weighted by Gasteiger charge is -2.11. The zero-order valence-electron chi connectivity index (χ0n) is 15.1. The molecule has 0 saturated carbocycles. The molecule has 1 unspecified atom stereocenters. The molecule has 0 saturated heterocycles. The molecule has 1 amide bonds. The lowest BCUT2D eigenvalue weighted by molar-refractivity contribution is -0.125. The van der Waals surface area contributed by atoms with Gasteiger partial charge < -0.3 is 14.9 Å². The summed E-state index contributed by atoms with van der Waals surface area (Å²) in [5.74, 6) is 0.411. The van der Waals surface area contributed by atoms with E-state index in [0.717, 1.165) is 17.0 Å². The van der Waals surface area contributed by atoms with E-state index in [-0.39, 0.29) is 5.91 Å². The number of rotatable bonds is 6. The van der Waals surface area contributed by atoms with Gasteiger partial charge in [0.05, 0.1) is 11.4 Å². The van der Waals surface area contributed by atoms with Gasteiger partial charge in [0.2, 0.25) is 6.10 Å². The van der Waals surface area contributed by atoms with E-state index >= 15 is 0 Å². The number of carbonyl (C=O) groups excluding carboxylic acids is 1. The molecule has 1 aliphatic rings. The number of hydrogen-bond donors (Lipinski definition) is 1. The number of nitrogens with zero attached hydrogens (tertiary/aromatic N) is 2. The van der Waals surface area contributed by atoms with Gasteiger partial charge in [0.15, 0.2) is 0 Å². The number of ether oxygens (including phenoxy) is 1. The molecule has 3 aromatic rings. The number of oxime groups is 1. The van der Waals surface area contributed by atoms with Crippen molar-refractivity contribution >= 4 is 17.3 Å². The zero-order valence-corrected chi connectivity index (χ0v) is 15.1. The monoisotopic (exact) mass is 373 g/mol. The number of carbonyl (C=O) groups is 1. The van der Waals surface area contributed by atoms with Gasteiger partial charge in [0.25, 0.3) is 5.91 Å². The summed E-state index contributed by atoms with van der Waals surface area (Å²) in [4.78, 5) is 22.1. The molecule has 0 radical (unpaired) electrons. The number of amides is 1. The molecule has 4 rings (SSSR count). The Morgan fingerprint density at radius 2 is 1.93 bits per heavy atom. The molecule has 28 heavy (non-hydrogen) atoms. The molecular formula is C22H19N3O3. The van der Waals surface area contributed by atoms with Gasteiger partial charge in [-0.2, -0.15) is 0 Å². The van der Waals surface area contributed by atoms with E-state index in [4.69, 9.17) is 9.57 Å². The highest BCUT2D eigenvalue weighted by molar-refractivity contribution is 6.06. The lowest BCUT2D eigenvalue weighted by Crippen LogP contribution is -2.28. The summed E-state index contributed by atoms with van der Waals surface area (Å²) in [5, 5.41) is 6.92. The van der Waals surface area contributed by atoms with Gasteiger partial charge in [-0.05, 0) is 29.8 Å². The Morgan fingerprint density at radius 3 is 2.75 bits per heavy atom. The minimum atomic E-state index is -0.645. The first-order valence-electron chi connectivity index (χ1n) is 9.00. The SMILES string of the molecule is O=C(Nc1cccc(OCc2ccccn2)c1)C1CC(c2ccccc2)=NO1. The Kier molecular flexibility index (Phi) is 5.29. The third kappa shape index (κ3) is 4.35. The van der Waals surface area contributed by atoms with Gasteiger partial charge in [-0.25, -0.2) is 0 Å². The van der Waals surface area contributed by atoms with E-state index in [2.05, 4.69) is 15.5 Å². The first-order chi connectivity index (χ1) is 13.8. The third-order valence-electron chi connectivity index (χ3n) is 4.28. The number of pyridine rings is 1. The van der Waals surface area contributed by atoms with Crippen LogP contribution in [0.4, 0.5) is 5.69 Å². The van der Waals surface area contributed by atoms with Crippen LogP contribution in [0.5, 0.6) is 5.75 Å². The van der Waals surface area contributed by atoms with Crippen molar-refractivity contribution in [2.75, 3.05) is 5.32 Å². The Balaban J connectivity index is 1.34. The molecule has 0 aliphatic carbocycles. The second kappa shape index (κ2) is 8.35. The maximum absolute atomic E-state index is 12.5. The van der Waals surface area contributed by atoms with Crippen LogP contribution >= 0.6 is 0 Å². The van der Waals surface area contributed by atoms with E-state index < -0.39 is 6.10 Å². The second-order valence-electron chi connectivity index (χ2n) is 6.33. The fraction of sp³-hybridized carbons (Fsp3) is 0.136. The van der Waals surface area contributed by atoms with Crippen molar-refractivity contribution in [3.05, 3.63) is 90.3 Å². The van der Waals surface area contributed by atoms with Crippen LogP contribution in [-0.4, -0.2) is 22.7 Å². The van der Waals surface area contributed by atoms with Crippen LogP contribution in [0.2, 0.25) is 0 Å². The van der Waals surface area contributed by atoms with Crippen LogP contribution in [0, 0.1) is 0 Å². The van der Waals surface area contributed by atoms with E-state index in [1.54, 1.807) is 18.3 Å². The fourth-order valence-corrected chi connectivity index (χ4v) is 2.85. The van der Waals surface area contributed by atoms with E-state index in [0.29, 0.717) is 24.5 Å². The molecule has 0 bridgehead atoms. The molecule has 0 spiro atoms. The molecular weight excluding hydrogens is 354 g/mol. The molecule has 140 valence electrons. The standard InChI is InChI=1S/C22H19N3O3/c26-22(21-14-20(25-28-21)16-7-2-1-3-8-16)24-17-10-6-11-19(13-17)27-15-18-9-4-5-12-23-18/h1-13,21H,14-15H2,(H,24,26). The number of benzene rings is 2. The Hall–Kier alpha value is -3.67. The van der Waals surface area contributed by atoms with E-state index in [9.17, 15) is 4.79 Å². The third-order valence-corrected chi connectivity index (χ3v) is 4.28. The highest BCUT2D eigenvalue weighted by Crippen LogP contribution is 2.21. The number of nitrogens with one attached hydrogen (secondary N) is 1. The minimum absolute atomic E-state index is 0.239. The predicted molar refractivity (Wildman–Crippen MR) is 106 cm³/mol. The summed E-state index contributed by atoms with van der Waals surface area (Å²) in [7, 11) is 0. The Labute approximate surface area is 162 Å². The maximum Gasteiger partial charge on any atom is 0.268 e. The highest BCUT2D eigenvalue weighted by atomic mass is 16.6. The molecule has 6 nitrogen and oxygen atoms in total. The average Bonchev–Trinajstić information content (AvgIpc) is 3.25. The molecule has 1 atom stereocenters. The van der Waals surface area contributed by atoms with Gasteiger partial charge in [0, 0.05) is 24.4 Å². The molecule has 0 fully saturated rings. The van der Waals surface area contributed by atoms with Crippen LogP contribution < -0.4 is 10.1 Å². The molecule has 2 heterocycles. The van der Waals surface area contributed by atoms with Crippen molar-refractivity contribution in [2.45, 2.75) is 19.1 Å². The van der Waals surface area contributed by atoms with Crippen molar-refractivity contribution in [1.29, 1.82) is 0 Å². The Morgan fingerprint density at radius 1 is 1.07 bits per heavy atom. The second-order valence-corrected chi connectivity index (χ2v) is 6.33. The van der Waals surface area contributed by atoms with Crippen molar-refractivity contribution in [2.24, 2.45) is 5.16 Å². The molecule has 1 N–H and O–H groups in total. The van der Waals surface area contributed by atoms with Crippen molar-refractivity contribution in [3.8, 4) is 5.75 Å². The number of hydrogen-bond acceptors (Lipinski definition) is 5. The fourth-order valence-electron chi connectivity index (χ4n) is 2.85. The normalized spacial score (nSPS) is 15.4. The summed E-state index contributed by atoms with van der Waals surface area (Å²) >= 11 is 0. The minimum Gasteiger partial charge on any atom is -0.487 e. The largest absolute Gasteiger partial charge is 0.487 e. The van der Waals surface area contributed by atoms with E-state index in [1.807, 2.05) is 60.7 Å². The predicted octanol–water partition coefficient (Wildman–Crippen LogP) is 3.79. The van der Waals surface area contributed by atoms with Crippen LogP contribution in [0.1, 0.15) is 17.7 Å². The van der Waals surface area contributed by atoms with Gasteiger partial charge in [0.1, 0.15) is 12.4 Å². The van der Waals surface area contributed by atoms with Crippen molar-refractivity contribution in [1.82, 2.24) is 4.98 Å². The van der Waals surface area contributed by atoms with Crippen LogP contribution in [0.3, 0.4) is 0 Å². The van der Waals surface area contributed by atoms with E-state index in [1.165, 1.54) is 0 Å². The van der Waals surface area contributed by atoms with Gasteiger partial charge in [-0.3, -0.25) is 9.78 Å². The highest BCUT2D eigenvalue weighted by Gasteiger charge is 2.28. The summed E-state index contributed by atoms with van der Waals surface area (Å²) < 4.78 is 5.75. The summed E-state index contributed by atoms with van der Waals surface area (Å²) in [6.45, 7) is 0.359. The molecule has 1 aromatic heterocycles. The summed E-state index contributed by atoms with van der Waals surface area (Å²) in [6.07, 6.45) is 1.52. The van der Waals surface area contributed by atoms with Gasteiger partial charge >= 0.3 is 0 Å². The lowest BCUT2D eigenvalue weighted by atomic mass is 10.0. The van der Waals surface area contributed by atoms with Crippen molar-refractivity contribution < 1.29 is 14.4 Å². The maximum atomic E-state index is 12.5. The average molecular weight is 373 g/mol. The first kappa shape index (κ1) is 17.7. The van der Waals surface area contributed by atoms with Crippen LogP contribution in [0.25, 0.3) is 0 Å². The summed E-state index contributed by atoms with van der Waals surface area (Å²) in [6, 6.07) is 22.6. The summed E-state index contributed by atoms with van der Waals surface area (Å²) in [5.41, 5.74) is 3.21. The zero-order chi connectivity index (χ0) is 19.2. The van der Waals surface area contributed by atoms with Crippen molar-refractivity contribution in [3.63, 3.8) is 0 Å². The molecule has 1 aliphatic heterocycles. The number of aromatic nitrogens is 1. The molecule has 2 aromatic carbocycles. The molecule has 6 heteroatoms.